The van der Waals surface area contributed by atoms with Gasteiger partial charge in [-0.05, 0) is 12.1 Å². The molecule has 0 aliphatic heterocycles. The summed E-state index contributed by atoms with van der Waals surface area (Å²) in [6.07, 6.45) is 2.80. The molecular weight excluding hydrogens is 535 g/mol. The third kappa shape index (κ3) is 7.42. The van der Waals surface area contributed by atoms with Gasteiger partial charge in [-0.1, -0.05) is 25.2 Å². The van der Waals surface area contributed by atoms with Crippen molar-refractivity contribution < 1.29 is 27.9 Å². The highest BCUT2D eigenvalue weighted by molar-refractivity contribution is 7.17. The summed E-state index contributed by atoms with van der Waals surface area (Å²) in [4.78, 5) is 40.7. The summed E-state index contributed by atoms with van der Waals surface area (Å²) >= 11 is 0.946. The summed E-state index contributed by atoms with van der Waals surface area (Å²) in [6, 6.07) is 5.29. The van der Waals surface area contributed by atoms with E-state index in [1.807, 2.05) is 13.8 Å². The first-order chi connectivity index (χ1) is 18.9. The van der Waals surface area contributed by atoms with Crippen molar-refractivity contribution in [3.8, 4) is 10.9 Å². The van der Waals surface area contributed by atoms with Crippen LogP contribution in [0, 0.1) is 5.82 Å². The molecule has 0 aliphatic carbocycles. The molecule has 0 bridgehead atoms. The van der Waals surface area contributed by atoms with Crippen LogP contribution in [-0.4, -0.2) is 57.1 Å². The molecule has 4 aromatic rings. The standard InChI is InChI=1S/C21H19FN8O6S.C2H6/c1-11(31)25-15-5-7-24-30(15)21-29-28-20(37-21)27-18(32)14-10-13(26-17-12(22)4-3-6-23-17)16(19(33)36-14)35-9-8-34-2;1-2/h3-7,10H,8-9H2,1-2H3,(H,23,26)(H,25,31)(H,27,28,32);1-2H3. The van der Waals surface area contributed by atoms with Crippen LogP contribution in [0.2, 0.25) is 0 Å². The molecule has 0 aliphatic rings. The molecule has 0 saturated heterocycles. The number of carbonyl (C=O) groups is 2. The van der Waals surface area contributed by atoms with Crippen LogP contribution < -0.4 is 26.3 Å². The maximum atomic E-state index is 14.2. The lowest BCUT2D eigenvalue weighted by molar-refractivity contribution is -0.114. The Hall–Kier alpha value is -4.70. The summed E-state index contributed by atoms with van der Waals surface area (Å²) in [6.45, 7) is 5.50. The van der Waals surface area contributed by atoms with Crippen molar-refractivity contribution in [2.24, 2.45) is 0 Å². The molecule has 0 atom stereocenters. The summed E-state index contributed by atoms with van der Waals surface area (Å²) in [5.41, 5.74) is -1.04. The Balaban J connectivity index is 0.00000205. The van der Waals surface area contributed by atoms with E-state index in [1.54, 1.807) is 6.07 Å². The first kappa shape index (κ1) is 28.9. The third-order valence-electron chi connectivity index (χ3n) is 4.44. The van der Waals surface area contributed by atoms with Crippen LogP contribution in [0.15, 0.2) is 45.9 Å². The number of carbonyl (C=O) groups excluding carboxylic acids is 2. The van der Waals surface area contributed by atoms with Crippen LogP contribution in [-0.2, 0) is 9.53 Å². The largest absolute Gasteiger partial charge is 0.483 e. The first-order valence-electron chi connectivity index (χ1n) is 11.5. The SMILES string of the molecule is CC.COCCOc1c(Nc2ncccc2F)cc(C(=O)Nc2nnc(-n3nccc3NC(C)=O)s2)oc1=O. The quantitative estimate of drug-likeness (QED) is 0.243. The summed E-state index contributed by atoms with van der Waals surface area (Å²) in [5, 5.41) is 19.9. The number of hydrogen-bond acceptors (Lipinski definition) is 12. The van der Waals surface area contributed by atoms with E-state index in [4.69, 9.17) is 13.9 Å². The van der Waals surface area contributed by atoms with Gasteiger partial charge in [0.2, 0.25) is 21.9 Å². The van der Waals surface area contributed by atoms with Gasteiger partial charge in [0.25, 0.3) is 5.91 Å². The number of amides is 2. The Morgan fingerprint density at radius 1 is 1.15 bits per heavy atom. The minimum atomic E-state index is -0.989. The minimum absolute atomic E-state index is 0.00630. The molecule has 0 unspecified atom stereocenters. The molecule has 16 heteroatoms. The Bertz CT molecular complexity index is 1490. The van der Waals surface area contributed by atoms with Crippen LogP contribution in [0.1, 0.15) is 31.3 Å². The molecule has 0 aromatic carbocycles. The number of rotatable bonds is 10. The number of anilines is 4. The van der Waals surface area contributed by atoms with Gasteiger partial charge in [0.05, 0.1) is 18.5 Å². The van der Waals surface area contributed by atoms with E-state index in [0.29, 0.717) is 5.82 Å². The van der Waals surface area contributed by atoms with Gasteiger partial charge in [0.1, 0.15) is 12.4 Å². The summed E-state index contributed by atoms with van der Waals surface area (Å²) < 4.78 is 31.0. The molecule has 0 fully saturated rings. The highest BCUT2D eigenvalue weighted by atomic mass is 32.1. The van der Waals surface area contributed by atoms with Gasteiger partial charge in [-0.25, -0.2) is 14.2 Å². The zero-order valence-electron chi connectivity index (χ0n) is 21.4. The Labute approximate surface area is 225 Å². The van der Waals surface area contributed by atoms with Gasteiger partial charge < -0.3 is 24.5 Å². The number of halogens is 1. The van der Waals surface area contributed by atoms with Gasteiger partial charge in [0, 0.05) is 32.4 Å². The number of aromatic nitrogens is 5. The zero-order valence-corrected chi connectivity index (χ0v) is 22.2. The highest BCUT2D eigenvalue weighted by Gasteiger charge is 2.21. The predicted molar refractivity (Wildman–Crippen MR) is 140 cm³/mol. The van der Waals surface area contributed by atoms with Gasteiger partial charge >= 0.3 is 5.63 Å². The number of hydrogen-bond donors (Lipinski definition) is 3. The van der Waals surface area contributed by atoms with E-state index < -0.39 is 23.1 Å². The van der Waals surface area contributed by atoms with E-state index in [2.05, 4.69) is 36.2 Å². The van der Waals surface area contributed by atoms with Gasteiger partial charge in [-0.3, -0.25) is 14.9 Å². The van der Waals surface area contributed by atoms with Crippen molar-refractivity contribution in [2.75, 3.05) is 36.3 Å². The van der Waals surface area contributed by atoms with Gasteiger partial charge in [0.15, 0.2) is 17.4 Å². The fraction of sp³-hybridized carbons (Fsp3) is 0.261. The van der Waals surface area contributed by atoms with E-state index in [0.717, 1.165) is 17.4 Å². The Morgan fingerprint density at radius 2 is 1.95 bits per heavy atom. The van der Waals surface area contributed by atoms with Crippen LogP contribution in [0.25, 0.3) is 5.13 Å². The molecule has 14 nitrogen and oxygen atoms in total. The van der Waals surface area contributed by atoms with Crippen molar-refractivity contribution in [3.05, 3.63) is 58.7 Å². The van der Waals surface area contributed by atoms with Crippen molar-refractivity contribution in [1.29, 1.82) is 0 Å². The van der Waals surface area contributed by atoms with E-state index >= 15 is 0 Å². The van der Waals surface area contributed by atoms with Crippen molar-refractivity contribution in [2.45, 2.75) is 20.8 Å². The van der Waals surface area contributed by atoms with Crippen molar-refractivity contribution in [3.63, 3.8) is 0 Å². The lowest BCUT2D eigenvalue weighted by Gasteiger charge is -2.13. The number of methoxy groups -OCH3 is 1. The van der Waals surface area contributed by atoms with E-state index in [9.17, 15) is 18.8 Å². The lowest BCUT2D eigenvalue weighted by atomic mass is 10.3. The number of nitrogens with zero attached hydrogens (tertiary/aromatic N) is 5. The summed E-state index contributed by atoms with van der Waals surface area (Å²) in [5.74, 6) is -2.38. The Kier molecular flexibility index (Phi) is 10.2. The van der Waals surface area contributed by atoms with Crippen LogP contribution in [0.3, 0.4) is 0 Å². The molecule has 0 radical (unpaired) electrons. The van der Waals surface area contributed by atoms with Crippen LogP contribution in [0.5, 0.6) is 5.75 Å². The number of ether oxygens (including phenoxy) is 2. The number of nitrogens with one attached hydrogen (secondary N) is 3. The lowest BCUT2D eigenvalue weighted by Crippen LogP contribution is -2.18. The van der Waals surface area contributed by atoms with Crippen LogP contribution >= 0.6 is 11.3 Å². The van der Waals surface area contributed by atoms with E-state index in [1.165, 1.54) is 43.2 Å². The molecule has 206 valence electrons. The van der Waals surface area contributed by atoms with Crippen molar-refractivity contribution >= 4 is 45.6 Å². The molecule has 3 N–H and O–H groups in total. The first-order valence-corrected chi connectivity index (χ1v) is 12.3. The third-order valence-corrected chi connectivity index (χ3v) is 5.25. The second-order valence-electron chi connectivity index (χ2n) is 7.09. The second kappa shape index (κ2) is 13.7. The number of pyridine rings is 1. The minimum Gasteiger partial charge on any atom is -0.483 e. The normalized spacial score (nSPS) is 10.3. The van der Waals surface area contributed by atoms with Gasteiger partial charge in [-0.2, -0.15) is 9.78 Å². The zero-order chi connectivity index (χ0) is 28.4. The molecule has 2 amide bonds. The molecule has 4 rings (SSSR count). The molecule has 0 saturated carbocycles. The van der Waals surface area contributed by atoms with Crippen molar-refractivity contribution in [1.82, 2.24) is 25.0 Å². The molecule has 0 spiro atoms. The molecule has 4 heterocycles. The molecular formula is C23H25FN8O6S. The maximum Gasteiger partial charge on any atom is 0.381 e. The summed E-state index contributed by atoms with van der Waals surface area (Å²) in [7, 11) is 1.45. The van der Waals surface area contributed by atoms with E-state index in [-0.39, 0.29) is 46.6 Å². The second-order valence-corrected chi connectivity index (χ2v) is 8.05. The highest BCUT2D eigenvalue weighted by Crippen LogP contribution is 2.27. The fourth-order valence-corrected chi connectivity index (χ4v) is 3.61. The average Bonchev–Trinajstić information content (AvgIpc) is 3.57. The van der Waals surface area contributed by atoms with Gasteiger partial charge in [-0.15, -0.1) is 10.2 Å². The van der Waals surface area contributed by atoms with Crippen LogP contribution in [0.4, 0.5) is 26.8 Å². The predicted octanol–water partition coefficient (Wildman–Crippen LogP) is 3.22. The molecule has 39 heavy (non-hydrogen) atoms. The average molecular weight is 561 g/mol. The fourth-order valence-electron chi connectivity index (χ4n) is 2.90. The Morgan fingerprint density at radius 3 is 2.67 bits per heavy atom. The topological polar surface area (TPSA) is 175 Å². The smallest absolute Gasteiger partial charge is 0.381 e. The monoisotopic (exact) mass is 560 g/mol. The molecule has 4 aromatic heterocycles. The maximum absolute atomic E-state index is 14.2.